The van der Waals surface area contributed by atoms with Crippen LogP contribution in [0.4, 0.5) is 30.2 Å². The minimum atomic E-state index is -4.45. The number of hydrogen-bond acceptors (Lipinski definition) is 2. The summed E-state index contributed by atoms with van der Waals surface area (Å²) in [5.41, 5.74) is 7.56. The van der Waals surface area contributed by atoms with Crippen molar-refractivity contribution in [3.05, 3.63) is 53.1 Å². The van der Waals surface area contributed by atoms with Crippen molar-refractivity contribution in [2.24, 2.45) is 0 Å². The molecule has 106 valence electrons. The first-order valence-corrected chi connectivity index (χ1v) is 6.08. The fraction of sp³-hybridized carbons (Fsp3) is 0.200. The summed E-state index contributed by atoms with van der Waals surface area (Å²) in [5, 5.41) is 2.96. The Balaban J connectivity index is 2.32. The minimum absolute atomic E-state index is 0.275. The van der Waals surface area contributed by atoms with Crippen molar-refractivity contribution in [1.29, 1.82) is 0 Å². The van der Waals surface area contributed by atoms with Gasteiger partial charge in [0.15, 0.2) is 0 Å². The van der Waals surface area contributed by atoms with E-state index in [1.165, 1.54) is 12.1 Å². The van der Waals surface area contributed by atoms with Crippen LogP contribution in [0.5, 0.6) is 0 Å². The molecular weight excluding hydrogens is 265 g/mol. The maximum atomic E-state index is 12.8. The molecule has 2 rings (SSSR count). The maximum absolute atomic E-state index is 12.8. The van der Waals surface area contributed by atoms with Crippen LogP contribution >= 0.6 is 0 Å². The zero-order chi connectivity index (χ0) is 14.9. The Morgan fingerprint density at radius 1 is 0.900 bits per heavy atom. The van der Waals surface area contributed by atoms with Gasteiger partial charge in [0.1, 0.15) is 0 Å². The number of alkyl halides is 3. The summed E-state index contributed by atoms with van der Waals surface area (Å²) in [6, 6.07) is 9.43. The normalized spacial score (nSPS) is 11.4. The summed E-state index contributed by atoms with van der Waals surface area (Å²) in [7, 11) is 0. The highest BCUT2D eigenvalue weighted by molar-refractivity contribution is 5.65. The molecule has 0 aliphatic carbocycles. The van der Waals surface area contributed by atoms with Gasteiger partial charge in [0.2, 0.25) is 0 Å². The lowest BCUT2D eigenvalue weighted by molar-refractivity contribution is -0.136. The molecule has 0 bridgehead atoms. The lowest BCUT2D eigenvalue weighted by atomic mass is 10.1. The largest absolute Gasteiger partial charge is 0.418 e. The third kappa shape index (κ3) is 3.04. The molecule has 0 fully saturated rings. The van der Waals surface area contributed by atoms with Gasteiger partial charge in [-0.2, -0.15) is 13.2 Å². The Labute approximate surface area is 115 Å². The van der Waals surface area contributed by atoms with Gasteiger partial charge in [-0.25, -0.2) is 0 Å². The van der Waals surface area contributed by atoms with E-state index in [4.69, 9.17) is 5.73 Å². The van der Waals surface area contributed by atoms with E-state index in [0.29, 0.717) is 5.69 Å². The molecule has 0 aromatic heterocycles. The maximum Gasteiger partial charge on any atom is 0.418 e. The third-order valence-corrected chi connectivity index (χ3v) is 3.15. The number of rotatable bonds is 2. The molecule has 2 aromatic carbocycles. The van der Waals surface area contributed by atoms with Gasteiger partial charge in [0.25, 0.3) is 0 Å². The van der Waals surface area contributed by atoms with Crippen molar-refractivity contribution in [3.8, 4) is 0 Å². The monoisotopic (exact) mass is 280 g/mol. The van der Waals surface area contributed by atoms with Crippen molar-refractivity contribution >= 4 is 17.1 Å². The van der Waals surface area contributed by atoms with Crippen LogP contribution in [0.15, 0.2) is 36.4 Å². The summed E-state index contributed by atoms with van der Waals surface area (Å²) >= 11 is 0. The average Bonchev–Trinajstić information content (AvgIpc) is 2.35. The van der Waals surface area contributed by atoms with Crippen molar-refractivity contribution < 1.29 is 13.2 Å². The lowest BCUT2D eigenvalue weighted by Gasteiger charge is -2.13. The first-order valence-electron chi connectivity index (χ1n) is 6.08. The van der Waals surface area contributed by atoms with E-state index in [1.807, 2.05) is 32.0 Å². The molecule has 3 N–H and O–H groups in total. The highest BCUT2D eigenvalue weighted by Crippen LogP contribution is 2.35. The van der Waals surface area contributed by atoms with E-state index in [1.54, 1.807) is 0 Å². The molecule has 20 heavy (non-hydrogen) atoms. The van der Waals surface area contributed by atoms with Gasteiger partial charge in [-0.05, 0) is 55.3 Å². The summed E-state index contributed by atoms with van der Waals surface area (Å²) in [6.07, 6.45) is -4.45. The van der Waals surface area contributed by atoms with Crippen LogP contribution < -0.4 is 11.1 Å². The topological polar surface area (TPSA) is 38.0 Å². The Kier molecular flexibility index (Phi) is 3.61. The van der Waals surface area contributed by atoms with Crippen molar-refractivity contribution in [3.63, 3.8) is 0 Å². The summed E-state index contributed by atoms with van der Waals surface area (Å²) < 4.78 is 38.3. The van der Waals surface area contributed by atoms with Crippen LogP contribution in [-0.4, -0.2) is 0 Å². The van der Waals surface area contributed by atoms with E-state index >= 15 is 0 Å². The number of anilines is 3. The van der Waals surface area contributed by atoms with Crippen LogP contribution in [0.1, 0.15) is 16.7 Å². The van der Waals surface area contributed by atoms with Crippen molar-refractivity contribution in [2.45, 2.75) is 20.0 Å². The molecule has 0 saturated heterocycles. The van der Waals surface area contributed by atoms with E-state index in [-0.39, 0.29) is 5.69 Å². The van der Waals surface area contributed by atoms with Gasteiger partial charge in [0.05, 0.1) is 5.56 Å². The molecule has 0 atom stereocenters. The Morgan fingerprint density at radius 2 is 1.50 bits per heavy atom. The van der Waals surface area contributed by atoms with Gasteiger partial charge in [0, 0.05) is 17.1 Å². The van der Waals surface area contributed by atoms with Crippen LogP contribution in [-0.2, 0) is 6.18 Å². The molecule has 5 heteroatoms. The average molecular weight is 280 g/mol. The Morgan fingerprint density at radius 3 is 2.10 bits per heavy atom. The van der Waals surface area contributed by atoms with Crippen molar-refractivity contribution in [2.75, 3.05) is 11.1 Å². The number of benzene rings is 2. The van der Waals surface area contributed by atoms with E-state index in [9.17, 15) is 13.2 Å². The number of aryl methyl sites for hydroxylation is 2. The molecule has 0 amide bonds. The number of hydrogen-bond donors (Lipinski definition) is 2. The van der Waals surface area contributed by atoms with Crippen LogP contribution in [0.25, 0.3) is 0 Å². The predicted molar refractivity (Wildman–Crippen MR) is 75.1 cm³/mol. The molecule has 0 aliphatic rings. The zero-order valence-corrected chi connectivity index (χ0v) is 11.2. The number of nitrogen functional groups attached to an aromatic ring is 1. The second kappa shape index (κ2) is 5.07. The van der Waals surface area contributed by atoms with Gasteiger partial charge < -0.3 is 11.1 Å². The molecule has 2 aromatic rings. The third-order valence-electron chi connectivity index (χ3n) is 3.15. The molecule has 0 aliphatic heterocycles. The second-order valence-electron chi connectivity index (χ2n) is 4.72. The minimum Gasteiger partial charge on any atom is -0.398 e. The van der Waals surface area contributed by atoms with Crippen molar-refractivity contribution in [1.82, 2.24) is 0 Å². The van der Waals surface area contributed by atoms with Gasteiger partial charge in [-0.1, -0.05) is 6.07 Å². The number of halogens is 3. The molecular formula is C15H15F3N2. The predicted octanol–water partition coefficient (Wildman–Crippen LogP) is 4.65. The first-order chi connectivity index (χ1) is 9.27. The quantitative estimate of drug-likeness (QED) is 0.786. The van der Waals surface area contributed by atoms with Gasteiger partial charge in [-0.15, -0.1) is 0 Å². The standard InChI is InChI=1S/C15H15F3N2/c1-9-3-4-11(7-10(9)2)20-12-5-6-14(19)13(8-12)15(16,17)18/h3-8,20H,19H2,1-2H3. The van der Waals surface area contributed by atoms with Crippen LogP contribution in [0, 0.1) is 13.8 Å². The molecule has 0 heterocycles. The fourth-order valence-electron chi connectivity index (χ4n) is 1.87. The number of nitrogens with one attached hydrogen (secondary N) is 1. The Hall–Kier alpha value is -2.17. The second-order valence-corrected chi connectivity index (χ2v) is 4.72. The van der Waals surface area contributed by atoms with E-state index in [2.05, 4.69) is 5.32 Å². The highest BCUT2D eigenvalue weighted by Gasteiger charge is 2.33. The summed E-state index contributed by atoms with van der Waals surface area (Å²) in [4.78, 5) is 0. The highest BCUT2D eigenvalue weighted by atomic mass is 19.4. The smallest absolute Gasteiger partial charge is 0.398 e. The molecule has 0 spiro atoms. The fourth-order valence-corrected chi connectivity index (χ4v) is 1.87. The summed E-state index contributed by atoms with van der Waals surface area (Å²) in [6.45, 7) is 3.93. The van der Waals surface area contributed by atoms with E-state index in [0.717, 1.165) is 22.9 Å². The first kappa shape index (κ1) is 14.2. The summed E-state index contributed by atoms with van der Waals surface area (Å²) in [5.74, 6) is 0. The molecule has 2 nitrogen and oxygen atoms in total. The lowest BCUT2D eigenvalue weighted by Crippen LogP contribution is -2.09. The van der Waals surface area contributed by atoms with Crippen LogP contribution in [0.2, 0.25) is 0 Å². The van der Waals surface area contributed by atoms with Gasteiger partial charge >= 0.3 is 6.18 Å². The zero-order valence-electron chi connectivity index (χ0n) is 11.2. The van der Waals surface area contributed by atoms with Crippen LogP contribution in [0.3, 0.4) is 0 Å². The SMILES string of the molecule is Cc1ccc(Nc2ccc(N)c(C(F)(F)F)c2)cc1C. The Bertz CT molecular complexity index is 634. The molecule has 0 saturated carbocycles. The number of nitrogens with two attached hydrogens (primary N) is 1. The molecule has 0 radical (unpaired) electrons. The molecule has 0 unspecified atom stereocenters. The van der Waals surface area contributed by atoms with Gasteiger partial charge in [-0.3, -0.25) is 0 Å². The van der Waals surface area contributed by atoms with E-state index < -0.39 is 11.7 Å².